The number of alkyl halides is 2. The first kappa shape index (κ1) is 11.6. The molecule has 0 amide bonds. The Balaban J connectivity index is 2.64. The number of halogens is 2. The molecule has 1 unspecified atom stereocenters. The molecule has 5 heteroatoms. The summed E-state index contributed by atoms with van der Waals surface area (Å²) in [5, 5.41) is 9.28. The molecule has 1 saturated heterocycles. The summed E-state index contributed by atoms with van der Waals surface area (Å²) in [5.74, 6) is -4.27. The monoisotopic (exact) mass is 208 g/mol. The Kier molecular flexibility index (Phi) is 2.94. The third-order valence-corrected chi connectivity index (χ3v) is 2.05. The molecule has 0 aliphatic carbocycles. The minimum atomic E-state index is -3.35. The minimum absolute atomic E-state index is 0.0441. The molecule has 0 radical (unpaired) electrons. The van der Waals surface area contributed by atoms with Gasteiger partial charge in [0, 0.05) is 0 Å². The molecule has 82 valence electrons. The molecular weight excluding hydrogens is 194 g/mol. The van der Waals surface area contributed by atoms with Crippen LogP contribution in [0.5, 0.6) is 0 Å². The average Bonchev–Trinajstić information content (AvgIpc) is 2.44. The Bertz CT molecular complexity index is 228. The van der Waals surface area contributed by atoms with E-state index in [2.05, 4.69) is 6.58 Å². The third kappa shape index (κ3) is 2.29. The number of hydrogen-bond acceptors (Lipinski definition) is 3. The van der Waals surface area contributed by atoms with Crippen LogP contribution in [-0.4, -0.2) is 35.6 Å². The summed E-state index contributed by atoms with van der Waals surface area (Å²) >= 11 is 0. The maximum Gasteiger partial charge on any atom is 0.294 e. The van der Waals surface area contributed by atoms with Gasteiger partial charge in [0.1, 0.15) is 12.2 Å². The number of hydrogen-bond donors (Lipinski definition) is 1. The summed E-state index contributed by atoms with van der Waals surface area (Å²) in [7, 11) is 0. The van der Waals surface area contributed by atoms with Gasteiger partial charge in [0.05, 0.1) is 6.61 Å². The van der Waals surface area contributed by atoms with E-state index in [4.69, 9.17) is 9.47 Å². The van der Waals surface area contributed by atoms with Crippen molar-refractivity contribution in [3.8, 4) is 0 Å². The predicted molar refractivity (Wildman–Crippen MR) is 46.1 cm³/mol. The highest BCUT2D eigenvalue weighted by molar-refractivity contribution is 4.97. The lowest BCUT2D eigenvalue weighted by Crippen LogP contribution is -2.43. The van der Waals surface area contributed by atoms with Crippen LogP contribution >= 0.6 is 0 Å². The van der Waals surface area contributed by atoms with Crippen LogP contribution in [0.3, 0.4) is 0 Å². The molecule has 1 fully saturated rings. The van der Waals surface area contributed by atoms with E-state index in [9.17, 15) is 13.9 Å². The molecule has 1 aliphatic rings. The molecule has 0 aromatic heterocycles. The number of rotatable bonds is 3. The zero-order valence-corrected chi connectivity index (χ0v) is 8.17. The molecule has 1 aliphatic heterocycles. The molecule has 1 rings (SSSR count). The van der Waals surface area contributed by atoms with Crippen LogP contribution in [0.4, 0.5) is 8.78 Å². The van der Waals surface area contributed by atoms with Gasteiger partial charge in [-0.3, -0.25) is 0 Å². The van der Waals surface area contributed by atoms with E-state index in [1.807, 2.05) is 0 Å². The highest BCUT2D eigenvalue weighted by Crippen LogP contribution is 2.31. The molecule has 3 nitrogen and oxygen atoms in total. The summed E-state index contributed by atoms with van der Waals surface area (Å²) in [6, 6.07) is 0. The van der Waals surface area contributed by atoms with Gasteiger partial charge in [0.2, 0.25) is 0 Å². The highest BCUT2D eigenvalue weighted by atomic mass is 19.3. The van der Waals surface area contributed by atoms with E-state index < -0.39 is 23.9 Å². The van der Waals surface area contributed by atoms with Crippen molar-refractivity contribution < 1.29 is 23.4 Å². The Hall–Kier alpha value is -0.520. The zero-order chi connectivity index (χ0) is 11.0. The van der Waals surface area contributed by atoms with Crippen LogP contribution in [0.1, 0.15) is 13.8 Å². The number of ether oxygens (including phenoxy) is 2. The van der Waals surface area contributed by atoms with E-state index in [1.165, 1.54) is 0 Å². The van der Waals surface area contributed by atoms with Crippen molar-refractivity contribution in [3.63, 3.8) is 0 Å². The molecule has 0 bridgehead atoms. The van der Waals surface area contributed by atoms with Crippen LogP contribution in [0.2, 0.25) is 0 Å². The van der Waals surface area contributed by atoms with Crippen molar-refractivity contribution in [3.05, 3.63) is 12.7 Å². The Labute approximate surface area is 81.3 Å². The lowest BCUT2D eigenvalue weighted by Gasteiger charge is -2.24. The van der Waals surface area contributed by atoms with Gasteiger partial charge >= 0.3 is 0 Å². The van der Waals surface area contributed by atoms with Crippen molar-refractivity contribution in [1.82, 2.24) is 0 Å². The van der Waals surface area contributed by atoms with E-state index >= 15 is 0 Å². The molecular formula is C9H14F2O3. The fraction of sp³-hybridized carbons (Fsp3) is 0.778. The lowest BCUT2D eigenvalue weighted by molar-refractivity contribution is -0.176. The van der Waals surface area contributed by atoms with E-state index in [0.717, 1.165) is 0 Å². The van der Waals surface area contributed by atoms with Crippen molar-refractivity contribution in [2.45, 2.75) is 37.8 Å². The Morgan fingerprint density at radius 2 is 2.21 bits per heavy atom. The lowest BCUT2D eigenvalue weighted by atomic mass is 10.1. The Morgan fingerprint density at radius 1 is 1.64 bits per heavy atom. The molecule has 0 aromatic rings. The van der Waals surface area contributed by atoms with E-state index in [1.54, 1.807) is 13.8 Å². The fourth-order valence-corrected chi connectivity index (χ4v) is 1.24. The quantitative estimate of drug-likeness (QED) is 0.711. The summed E-state index contributed by atoms with van der Waals surface area (Å²) in [6.45, 7) is 6.12. The minimum Gasteiger partial charge on any atom is -0.384 e. The van der Waals surface area contributed by atoms with Gasteiger partial charge < -0.3 is 14.6 Å². The van der Waals surface area contributed by atoms with E-state index in [-0.39, 0.29) is 6.61 Å². The molecule has 0 aromatic carbocycles. The first-order chi connectivity index (χ1) is 6.28. The average molecular weight is 208 g/mol. The van der Waals surface area contributed by atoms with Crippen molar-refractivity contribution in [2.75, 3.05) is 6.61 Å². The van der Waals surface area contributed by atoms with E-state index in [0.29, 0.717) is 6.08 Å². The second-order valence-electron chi connectivity index (χ2n) is 3.69. The molecule has 1 N–H and O–H groups in total. The van der Waals surface area contributed by atoms with Crippen LogP contribution in [-0.2, 0) is 9.47 Å². The SMILES string of the molecule is C=CC(F)(F)C(O)[C@@H]1COC(C)(C)O1. The topological polar surface area (TPSA) is 38.7 Å². The predicted octanol–water partition coefficient (Wildman–Crippen LogP) is 1.32. The first-order valence-corrected chi connectivity index (χ1v) is 4.30. The standard InChI is InChI=1S/C9H14F2O3/c1-4-9(10,11)7(12)6-5-13-8(2,3)14-6/h4,6-7,12H,1,5H2,2-3H3/t6-,7?/m0/s1. The second kappa shape index (κ2) is 3.56. The molecule has 1 heterocycles. The smallest absolute Gasteiger partial charge is 0.294 e. The normalized spacial score (nSPS) is 28.8. The van der Waals surface area contributed by atoms with Crippen molar-refractivity contribution in [1.29, 1.82) is 0 Å². The molecule has 0 spiro atoms. The highest BCUT2D eigenvalue weighted by Gasteiger charge is 2.46. The van der Waals surface area contributed by atoms with Crippen LogP contribution in [0.25, 0.3) is 0 Å². The van der Waals surface area contributed by atoms with Crippen molar-refractivity contribution in [2.24, 2.45) is 0 Å². The van der Waals surface area contributed by atoms with Crippen LogP contribution in [0, 0.1) is 0 Å². The Morgan fingerprint density at radius 3 is 2.57 bits per heavy atom. The zero-order valence-electron chi connectivity index (χ0n) is 8.17. The third-order valence-electron chi connectivity index (χ3n) is 2.05. The molecule has 0 saturated carbocycles. The molecule has 2 atom stereocenters. The maximum atomic E-state index is 12.9. The summed E-state index contributed by atoms with van der Waals surface area (Å²) in [6.07, 6.45) is -2.52. The van der Waals surface area contributed by atoms with Gasteiger partial charge in [-0.2, -0.15) is 8.78 Å². The van der Waals surface area contributed by atoms with Crippen molar-refractivity contribution >= 4 is 0 Å². The van der Waals surface area contributed by atoms with Crippen LogP contribution < -0.4 is 0 Å². The van der Waals surface area contributed by atoms with Gasteiger partial charge in [-0.15, -0.1) is 0 Å². The van der Waals surface area contributed by atoms with Gasteiger partial charge in [-0.25, -0.2) is 0 Å². The molecule has 14 heavy (non-hydrogen) atoms. The fourth-order valence-electron chi connectivity index (χ4n) is 1.24. The van der Waals surface area contributed by atoms with Gasteiger partial charge in [-0.05, 0) is 19.9 Å². The number of aliphatic hydroxyl groups is 1. The van der Waals surface area contributed by atoms with Gasteiger partial charge in [0.25, 0.3) is 5.92 Å². The number of aliphatic hydroxyl groups excluding tert-OH is 1. The summed E-state index contributed by atoms with van der Waals surface area (Å²) in [5.41, 5.74) is 0. The first-order valence-electron chi connectivity index (χ1n) is 4.30. The van der Waals surface area contributed by atoms with Gasteiger partial charge in [0.15, 0.2) is 5.79 Å². The maximum absolute atomic E-state index is 12.9. The summed E-state index contributed by atoms with van der Waals surface area (Å²) in [4.78, 5) is 0. The largest absolute Gasteiger partial charge is 0.384 e. The summed E-state index contributed by atoms with van der Waals surface area (Å²) < 4.78 is 36.1. The van der Waals surface area contributed by atoms with Gasteiger partial charge in [-0.1, -0.05) is 6.58 Å². The second-order valence-corrected chi connectivity index (χ2v) is 3.69. The van der Waals surface area contributed by atoms with Crippen LogP contribution in [0.15, 0.2) is 12.7 Å².